The number of nitrogens with zero attached hydrogens (tertiary/aromatic N) is 1. The molecule has 4 atom stereocenters. The van der Waals surface area contributed by atoms with Crippen LogP contribution in [0.2, 0.25) is 0 Å². The van der Waals surface area contributed by atoms with E-state index in [4.69, 9.17) is 4.74 Å². The van der Waals surface area contributed by atoms with E-state index >= 15 is 0 Å². The molecule has 0 radical (unpaired) electrons. The van der Waals surface area contributed by atoms with Gasteiger partial charge >= 0.3 is 12.1 Å². The number of hydrogen-bond donors (Lipinski definition) is 2. The maximum absolute atomic E-state index is 13.1. The number of likely N-dealkylation sites (tertiary alicyclic amines) is 1. The molecule has 3 fully saturated rings. The number of carbonyl (C=O) groups is 3. The average Bonchev–Trinajstić information content (AvgIpc) is 3.30. The van der Waals surface area contributed by atoms with Crippen molar-refractivity contribution in [2.75, 3.05) is 19.7 Å². The Morgan fingerprint density at radius 2 is 1.71 bits per heavy atom. The summed E-state index contributed by atoms with van der Waals surface area (Å²) in [5.41, 5.74) is 4.02. The van der Waals surface area contributed by atoms with Gasteiger partial charge in [-0.2, -0.15) is 0 Å². The zero-order valence-corrected chi connectivity index (χ0v) is 19.6. The lowest BCUT2D eigenvalue weighted by molar-refractivity contribution is -0.144. The number of ether oxygens (including phenoxy) is 1. The maximum Gasteiger partial charge on any atom is 0.407 e. The van der Waals surface area contributed by atoms with Crippen LogP contribution in [0.25, 0.3) is 11.1 Å². The molecule has 0 spiro atoms. The van der Waals surface area contributed by atoms with Gasteiger partial charge in [0.25, 0.3) is 0 Å². The summed E-state index contributed by atoms with van der Waals surface area (Å²) in [6.45, 7) is 1.14. The molecule has 2 unspecified atom stereocenters. The Balaban J connectivity index is 1.04. The van der Waals surface area contributed by atoms with Crippen LogP contribution in [-0.2, 0) is 14.3 Å². The van der Waals surface area contributed by atoms with Crippen molar-refractivity contribution in [3.8, 4) is 11.1 Å². The normalized spacial score (nSPS) is 28.6. The number of fused-ring (bicyclic) bond motifs is 4. The third-order valence-electron chi connectivity index (χ3n) is 8.57. The Morgan fingerprint density at radius 3 is 2.37 bits per heavy atom. The minimum Gasteiger partial charge on any atom is -0.481 e. The summed E-state index contributed by atoms with van der Waals surface area (Å²) in [6.07, 6.45) is 3.26. The first-order chi connectivity index (χ1) is 17.0. The minimum absolute atomic E-state index is 0.0111. The number of benzene rings is 2. The number of amides is 2. The number of alkyl carbamates (subject to hydrolysis) is 1. The minimum atomic E-state index is -0.781. The quantitative estimate of drug-likeness (QED) is 0.683. The molecule has 0 bridgehead atoms. The fraction of sp³-hybridized carbons (Fsp3) is 0.464. The molecular formula is C28H30N2O5. The largest absolute Gasteiger partial charge is 0.481 e. The van der Waals surface area contributed by atoms with E-state index in [1.807, 2.05) is 24.3 Å². The Bertz CT molecular complexity index is 1150. The third kappa shape index (κ3) is 3.77. The van der Waals surface area contributed by atoms with Crippen LogP contribution >= 0.6 is 0 Å². The number of carboxylic acid groups (broad SMARTS) is 1. The van der Waals surface area contributed by atoms with Crippen molar-refractivity contribution in [1.29, 1.82) is 0 Å². The number of nitrogens with one attached hydrogen (secondary N) is 1. The van der Waals surface area contributed by atoms with Gasteiger partial charge in [-0.1, -0.05) is 55.0 Å². The molecule has 4 aliphatic rings. The summed E-state index contributed by atoms with van der Waals surface area (Å²) < 4.78 is 5.69. The monoisotopic (exact) mass is 474 g/mol. The SMILES string of the molecule is O=C(N[C@H]1CCC[C@@H](C(=O)N2CC3CC3(C(=O)O)C2)C1)OCC1c2ccccc2-c2ccccc21. The predicted molar refractivity (Wildman–Crippen MR) is 129 cm³/mol. The molecule has 35 heavy (non-hydrogen) atoms. The van der Waals surface area contributed by atoms with Crippen LogP contribution < -0.4 is 5.32 Å². The molecule has 182 valence electrons. The van der Waals surface area contributed by atoms with E-state index in [1.165, 1.54) is 22.3 Å². The molecule has 1 saturated heterocycles. The van der Waals surface area contributed by atoms with Gasteiger partial charge in [0.15, 0.2) is 0 Å². The van der Waals surface area contributed by atoms with Crippen LogP contribution in [0.1, 0.15) is 49.1 Å². The fourth-order valence-corrected chi connectivity index (χ4v) is 6.59. The van der Waals surface area contributed by atoms with Crippen molar-refractivity contribution in [3.63, 3.8) is 0 Å². The van der Waals surface area contributed by atoms with E-state index in [2.05, 4.69) is 29.6 Å². The van der Waals surface area contributed by atoms with Gasteiger partial charge in [-0.15, -0.1) is 0 Å². The maximum atomic E-state index is 13.1. The summed E-state index contributed by atoms with van der Waals surface area (Å²) in [5.74, 6) is -0.807. The summed E-state index contributed by atoms with van der Waals surface area (Å²) in [4.78, 5) is 39.1. The molecule has 2 saturated carbocycles. The van der Waals surface area contributed by atoms with Gasteiger partial charge < -0.3 is 20.1 Å². The van der Waals surface area contributed by atoms with Crippen molar-refractivity contribution in [3.05, 3.63) is 59.7 Å². The topological polar surface area (TPSA) is 95.9 Å². The summed E-state index contributed by atoms with van der Waals surface area (Å²) in [7, 11) is 0. The average molecular weight is 475 g/mol. The zero-order valence-electron chi connectivity index (χ0n) is 19.6. The highest BCUT2D eigenvalue weighted by atomic mass is 16.5. The zero-order chi connectivity index (χ0) is 24.2. The predicted octanol–water partition coefficient (Wildman–Crippen LogP) is 4.02. The van der Waals surface area contributed by atoms with Crippen molar-refractivity contribution < 1.29 is 24.2 Å². The molecule has 0 aromatic heterocycles. The first kappa shape index (κ1) is 22.1. The van der Waals surface area contributed by atoms with Gasteiger partial charge in [0.1, 0.15) is 6.61 Å². The first-order valence-electron chi connectivity index (χ1n) is 12.6. The third-order valence-corrected chi connectivity index (χ3v) is 8.57. The van der Waals surface area contributed by atoms with Crippen LogP contribution in [0.5, 0.6) is 0 Å². The molecule has 7 nitrogen and oxygen atoms in total. The highest BCUT2D eigenvalue weighted by molar-refractivity contribution is 5.85. The fourth-order valence-electron chi connectivity index (χ4n) is 6.59. The number of hydrogen-bond acceptors (Lipinski definition) is 4. The van der Waals surface area contributed by atoms with Crippen LogP contribution in [-0.4, -0.2) is 53.7 Å². The molecule has 1 heterocycles. The number of carboxylic acids is 1. The van der Waals surface area contributed by atoms with Crippen LogP contribution in [0, 0.1) is 17.3 Å². The number of aliphatic carboxylic acids is 1. The lowest BCUT2D eigenvalue weighted by Crippen LogP contribution is -2.44. The lowest BCUT2D eigenvalue weighted by atomic mass is 9.84. The molecule has 2 N–H and O–H groups in total. The van der Waals surface area contributed by atoms with Crippen molar-refractivity contribution in [1.82, 2.24) is 10.2 Å². The highest BCUT2D eigenvalue weighted by Crippen LogP contribution is 2.58. The standard InChI is InChI=1S/C28H30N2O5/c31-25(30-14-18-13-28(18,16-30)26(32)33)17-6-5-7-19(12-17)29-27(34)35-15-24-22-10-3-1-8-20(22)21-9-2-4-11-23(21)24/h1-4,8-11,17-19,24H,5-7,12-16H2,(H,29,34)(H,32,33)/t17-,18?,19+,28?/m1/s1. The summed E-state index contributed by atoms with van der Waals surface area (Å²) in [5, 5.41) is 12.5. The van der Waals surface area contributed by atoms with Gasteiger partial charge in [-0.05, 0) is 53.9 Å². The molecule has 7 heteroatoms. The van der Waals surface area contributed by atoms with Crippen LogP contribution in [0.4, 0.5) is 4.79 Å². The number of carbonyl (C=O) groups excluding carboxylic acids is 2. The molecule has 2 amide bonds. The lowest BCUT2D eigenvalue weighted by Gasteiger charge is -2.32. The van der Waals surface area contributed by atoms with Crippen molar-refractivity contribution >= 4 is 18.0 Å². The van der Waals surface area contributed by atoms with Gasteiger partial charge in [-0.25, -0.2) is 4.79 Å². The number of piperidine rings is 1. The second-order valence-corrected chi connectivity index (χ2v) is 10.6. The number of rotatable bonds is 5. The van der Waals surface area contributed by atoms with Gasteiger partial charge in [-0.3, -0.25) is 9.59 Å². The van der Waals surface area contributed by atoms with Gasteiger partial charge in [0.05, 0.1) is 5.41 Å². The van der Waals surface area contributed by atoms with E-state index in [9.17, 15) is 19.5 Å². The van der Waals surface area contributed by atoms with Gasteiger partial charge in [0.2, 0.25) is 5.91 Å². The van der Waals surface area contributed by atoms with Crippen molar-refractivity contribution in [2.24, 2.45) is 17.3 Å². The van der Waals surface area contributed by atoms with Crippen molar-refractivity contribution in [2.45, 2.75) is 44.1 Å². The second kappa shape index (κ2) is 8.40. The summed E-state index contributed by atoms with van der Waals surface area (Å²) >= 11 is 0. The van der Waals surface area contributed by atoms with E-state index in [0.29, 0.717) is 25.9 Å². The first-order valence-corrected chi connectivity index (χ1v) is 12.6. The molecule has 1 aliphatic heterocycles. The van der Waals surface area contributed by atoms with Crippen LogP contribution in [0.15, 0.2) is 48.5 Å². The second-order valence-electron chi connectivity index (χ2n) is 10.6. The highest BCUT2D eigenvalue weighted by Gasteiger charge is 2.66. The Hall–Kier alpha value is -3.35. The van der Waals surface area contributed by atoms with E-state index in [-0.39, 0.29) is 36.3 Å². The van der Waals surface area contributed by atoms with Crippen LogP contribution in [0.3, 0.4) is 0 Å². The summed E-state index contributed by atoms with van der Waals surface area (Å²) in [6, 6.07) is 16.4. The smallest absolute Gasteiger partial charge is 0.407 e. The van der Waals surface area contributed by atoms with E-state index in [1.54, 1.807) is 4.90 Å². The molecule has 3 aliphatic carbocycles. The van der Waals surface area contributed by atoms with E-state index < -0.39 is 17.5 Å². The molecule has 2 aromatic carbocycles. The Morgan fingerprint density at radius 1 is 1.03 bits per heavy atom. The molecular weight excluding hydrogens is 444 g/mol. The van der Waals surface area contributed by atoms with E-state index in [0.717, 1.165) is 19.3 Å². The van der Waals surface area contributed by atoms with Gasteiger partial charge in [0, 0.05) is 31.0 Å². The molecule has 2 aromatic rings. The Labute approximate surface area is 204 Å². The Kier molecular flexibility index (Phi) is 5.31. The molecule has 6 rings (SSSR count).